The van der Waals surface area contributed by atoms with Gasteiger partial charge < -0.3 is 10.4 Å². The van der Waals surface area contributed by atoms with Gasteiger partial charge in [-0.2, -0.15) is 13.2 Å². The predicted octanol–water partition coefficient (Wildman–Crippen LogP) is 2.75. The van der Waals surface area contributed by atoms with Crippen molar-refractivity contribution >= 4 is 17.6 Å². The summed E-state index contributed by atoms with van der Waals surface area (Å²) in [4.78, 5) is 22.4. The first-order valence-corrected chi connectivity index (χ1v) is 5.54. The van der Waals surface area contributed by atoms with Gasteiger partial charge in [-0.15, -0.1) is 0 Å². The smallest absolute Gasteiger partial charge is 0.416 e. The van der Waals surface area contributed by atoms with Gasteiger partial charge in [0.15, 0.2) is 0 Å². The van der Waals surface area contributed by atoms with Crippen LogP contribution >= 0.6 is 0 Å². The Balaban J connectivity index is 2.35. The zero-order valence-electron chi connectivity index (χ0n) is 9.62. The molecule has 1 fully saturated rings. The van der Waals surface area contributed by atoms with Crippen molar-refractivity contribution in [1.82, 2.24) is 0 Å². The fraction of sp³-hybridized carbons (Fsp3) is 0.333. The third kappa shape index (κ3) is 3.04. The van der Waals surface area contributed by atoms with Crippen molar-refractivity contribution in [3.8, 4) is 0 Å². The first kappa shape index (κ1) is 13.4. The molecule has 19 heavy (non-hydrogen) atoms. The van der Waals surface area contributed by atoms with E-state index in [4.69, 9.17) is 5.11 Å². The highest BCUT2D eigenvalue weighted by molar-refractivity contribution is 6.01. The molecular weight excluding hydrogens is 263 g/mol. The minimum absolute atomic E-state index is 0.226. The molecule has 0 atom stereocenters. The molecule has 0 saturated heterocycles. The SMILES string of the molecule is O=C(O)c1ccc(C(F)(F)F)cc1NC(=O)C1CC1. The average Bonchev–Trinajstić information content (AvgIpc) is 3.10. The van der Waals surface area contributed by atoms with Crippen LogP contribution in [-0.4, -0.2) is 17.0 Å². The zero-order valence-corrected chi connectivity index (χ0v) is 9.62. The van der Waals surface area contributed by atoms with Crippen molar-refractivity contribution in [1.29, 1.82) is 0 Å². The minimum Gasteiger partial charge on any atom is -0.478 e. The number of rotatable bonds is 3. The fourth-order valence-electron chi connectivity index (χ4n) is 1.59. The number of benzene rings is 1. The maximum absolute atomic E-state index is 12.5. The van der Waals surface area contributed by atoms with Crippen molar-refractivity contribution in [3.63, 3.8) is 0 Å². The lowest BCUT2D eigenvalue weighted by Gasteiger charge is -2.12. The number of anilines is 1. The molecule has 0 aromatic heterocycles. The molecule has 102 valence electrons. The number of hydrogen-bond donors (Lipinski definition) is 2. The van der Waals surface area contributed by atoms with Gasteiger partial charge in [-0.05, 0) is 31.0 Å². The summed E-state index contributed by atoms with van der Waals surface area (Å²) >= 11 is 0. The molecule has 4 nitrogen and oxygen atoms in total. The quantitative estimate of drug-likeness (QED) is 0.889. The third-order valence-corrected chi connectivity index (χ3v) is 2.78. The molecule has 1 aromatic rings. The van der Waals surface area contributed by atoms with Gasteiger partial charge in [0.1, 0.15) is 0 Å². The second-order valence-corrected chi connectivity index (χ2v) is 4.33. The van der Waals surface area contributed by atoms with Gasteiger partial charge >= 0.3 is 12.1 Å². The highest BCUT2D eigenvalue weighted by Crippen LogP contribution is 2.34. The molecule has 1 aliphatic carbocycles. The van der Waals surface area contributed by atoms with Crippen molar-refractivity contribution in [3.05, 3.63) is 29.3 Å². The topological polar surface area (TPSA) is 66.4 Å². The van der Waals surface area contributed by atoms with Gasteiger partial charge in [-0.1, -0.05) is 0 Å². The molecule has 0 radical (unpaired) electrons. The molecule has 1 aliphatic rings. The minimum atomic E-state index is -4.59. The van der Waals surface area contributed by atoms with Crippen molar-refractivity contribution in [2.45, 2.75) is 19.0 Å². The van der Waals surface area contributed by atoms with Crippen LogP contribution in [0.4, 0.5) is 18.9 Å². The van der Waals surface area contributed by atoms with Crippen LogP contribution in [0.2, 0.25) is 0 Å². The molecule has 1 aromatic carbocycles. The van der Waals surface area contributed by atoms with E-state index in [9.17, 15) is 22.8 Å². The lowest BCUT2D eigenvalue weighted by atomic mass is 10.1. The molecule has 0 unspecified atom stereocenters. The molecule has 0 spiro atoms. The number of carboxylic acids is 1. The van der Waals surface area contributed by atoms with E-state index in [1.165, 1.54) is 0 Å². The Morgan fingerprint density at radius 2 is 1.89 bits per heavy atom. The number of halogens is 3. The monoisotopic (exact) mass is 273 g/mol. The van der Waals surface area contributed by atoms with E-state index in [1.54, 1.807) is 0 Å². The summed E-state index contributed by atoms with van der Waals surface area (Å²) in [5, 5.41) is 11.1. The van der Waals surface area contributed by atoms with Crippen LogP contribution < -0.4 is 5.32 Å². The maximum Gasteiger partial charge on any atom is 0.416 e. The van der Waals surface area contributed by atoms with Crippen molar-refractivity contribution in [2.75, 3.05) is 5.32 Å². The summed E-state index contributed by atoms with van der Waals surface area (Å²) < 4.78 is 37.6. The first-order chi connectivity index (χ1) is 8.79. The Hall–Kier alpha value is -2.05. The van der Waals surface area contributed by atoms with E-state index in [2.05, 4.69) is 5.32 Å². The molecule has 2 rings (SSSR count). The van der Waals surface area contributed by atoms with Crippen LogP contribution in [-0.2, 0) is 11.0 Å². The third-order valence-electron chi connectivity index (χ3n) is 2.78. The number of hydrogen-bond acceptors (Lipinski definition) is 2. The van der Waals surface area contributed by atoms with E-state index < -0.39 is 23.6 Å². The van der Waals surface area contributed by atoms with Gasteiger partial charge in [0.2, 0.25) is 5.91 Å². The highest BCUT2D eigenvalue weighted by atomic mass is 19.4. The van der Waals surface area contributed by atoms with E-state index >= 15 is 0 Å². The Labute approximate surface area is 106 Å². The number of aromatic carboxylic acids is 1. The van der Waals surface area contributed by atoms with Crippen molar-refractivity contribution in [2.24, 2.45) is 5.92 Å². The average molecular weight is 273 g/mol. The van der Waals surface area contributed by atoms with E-state index in [1.807, 2.05) is 0 Å². The van der Waals surface area contributed by atoms with Crippen LogP contribution in [0.1, 0.15) is 28.8 Å². The molecule has 1 saturated carbocycles. The maximum atomic E-state index is 12.5. The Kier molecular flexibility index (Phi) is 3.21. The van der Waals surface area contributed by atoms with Gasteiger partial charge in [0.05, 0.1) is 16.8 Å². The molecule has 0 aliphatic heterocycles. The van der Waals surface area contributed by atoms with Crippen molar-refractivity contribution < 1.29 is 27.9 Å². The standard InChI is InChI=1S/C12H10F3NO3/c13-12(14,15)7-3-4-8(11(18)19)9(5-7)16-10(17)6-1-2-6/h3-6H,1-2H2,(H,16,17)(H,18,19). The zero-order chi connectivity index (χ0) is 14.2. The second kappa shape index (κ2) is 4.56. The molecule has 0 bridgehead atoms. The molecule has 0 heterocycles. The predicted molar refractivity (Wildman–Crippen MR) is 59.8 cm³/mol. The Bertz CT molecular complexity index is 536. The summed E-state index contributed by atoms with van der Waals surface area (Å²) in [5.74, 6) is -2.06. The van der Waals surface area contributed by atoms with E-state index in [0.717, 1.165) is 6.07 Å². The van der Waals surface area contributed by atoms with Crippen LogP contribution in [0.15, 0.2) is 18.2 Å². The molecular formula is C12H10F3NO3. The number of alkyl halides is 3. The van der Waals surface area contributed by atoms with E-state index in [-0.39, 0.29) is 17.2 Å². The normalized spacial score (nSPS) is 15.1. The number of amides is 1. The summed E-state index contributed by atoms with van der Waals surface area (Å²) in [6.07, 6.45) is -3.24. The van der Waals surface area contributed by atoms with Gasteiger partial charge in [0, 0.05) is 5.92 Å². The summed E-state index contributed by atoms with van der Waals surface area (Å²) in [6.45, 7) is 0. The number of carboxylic acid groups (broad SMARTS) is 1. The highest BCUT2D eigenvalue weighted by Gasteiger charge is 2.33. The first-order valence-electron chi connectivity index (χ1n) is 5.54. The van der Waals surface area contributed by atoms with Gasteiger partial charge in [-0.25, -0.2) is 4.79 Å². The van der Waals surface area contributed by atoms with Gasteiger partial charge in [0.25, 0.3) is 0 Å². The Morgan fingerprint density at radius 1 is 1.26 bits per heavy atom. The van der Waals surface area contributed by atoms with E-state index in [0.29, 0.717) is 25.0 Å². The summed E-state index contributed by atoms with van der Waals surface area (Å²) in [5.41, 5.74) is -1.68. The van der Waals surface area contributed by atoms with Crippen LogP contribution in [0.25, 0.3) is 0 Å². The van der Waals surface area contributed by atoms with Crippen LogP contribution in [0.5, 0.6) is 0 Å². The summed E-state index contributed by atoms with van der Waals surface area (Å²) in [6, 6.07) is 2.16. The molecule has 7 heteroatoms. The fourth-order valence-corrected chi connectivity index (χ4v) is 1.59. The second-order valence-electron chi connectivity index (χ2n) is 4.33. The summed E-state index contributed by atoms with van der Waals surface area (Å²) in [7, 11) is 0. The van der Waals surface area contributed by atoms with Crippen LogP contribution in [0, 0.1) is 5.92 Å². The van der Waals surface area contributed by atoms with Gasteiger partial charge in [-0.3, -0.25) is 4.79 Å². The number of carbonyl (C=O) groups is 2. The number of carbonyl (C=O) groups excluding carboxylic acids is 1. The molecule has 1 amide bonds. The van der Waals surface area contributed by atoms with Crippen LogP contribution in [0.3, 0.4) is 0 Å². The molecule has 2 N–H and O–H groups in total. The lowest BCUT2D eigenvalue weighted by molar-refractivity contribution is -0.137. The largest absolute Gasteiger partial charge is 0.478 e. The Morgan fingerprint density at radius 3 is 2.37 bits per heavy atom. The number of nitrogens with one attached hydrogen (secondary N) is 1. The lowest BCUT2D eigenvalue weighted by Crippen LogP contribution is -2.17.